The van der Waals surface area contributed by atoms with Gasteiger partial charge in [0.05, 0.1) is 11.1 Å². The number of alkyl halides is 6. The van der Waals surface area contributed by atoms with Crippen molar-refractivity contribution in [3.05, 3.63) is 90.0 Å². The molecule has 0 nitrogen and oxygen atoms in total. The van der Waals surface area contributed by atoms with E-state index in [0.717, 1.165) is 24.3 Å². The van der Waals surface area contributed by atoms with Crippen LogP contribution in [0.2, 0.25) is 0 Å². The molecular formula is C20H13ClF6S. The minimum Gasteiger partial charge on any atom is -0.166 e. The zero-order chi connectivity index (χ0) is 20.6. The predicted octanol–water partition coefficient (Wildman–Crippen LogP) is 8.16. The topological polar surface area (TPSA) is 0 Å². The summed E-state index contributed by atoms with van der Waals surface area (Å²) in [6.45, 7) is 0. The third-order valence-electron chi connectivity index (χ3n) is 4.08. The standard InChI is InChI=1S/C20H13ClF6S/c21-28(16-4-2-1-3-5-16,17-10-6-14(7-11-17)19(22,23)24)18-12-8-15(9-13-18)20(25,26)27/h1-13H. The molecule has 148 valence electrons. The molecular weight excluding hydrogens is 422 g/mol. The first kappa shape index (κ1) is 20.6. The summed E-state index contributed by atoms with van der Waals surface area (Å²) >= 11 is 0. The van der Waals surface area contributed by atoms with Crippen LogP contribution in [0.25, 0.3) is 0 Å². The van der Waals surface area contributed by atoms with Gasteiger partial charge in [0.15, 0.2) is 0 Å². The SMILES string of the molecule is FC(F)(F)c1ccc(S(Cl)(c2ccccc2)c2ccc(C(F)(F)F)cc2)cc1. The van der Waals surface area contributed by atoms with E-state index in [9.17, 15) is 26.3 Å². The molecule has 0 saturated heterocycles. The van der Waals surface area contributed by atoms with E-state index in [0.29, 0.717) is 14.7 Å². The van der Waals surface area contributed by atoms with Gasteiger partial charge in [0, 0.05) is 14.7 Å². The summed E-state index contributed by atoms with van der Waals surface area (Å²) in [5, 5.41) is 0. The Labute approximate surface area is 163 Å². The van der Waals surface area contributed by atoms with Gasteiger partial charge in [-0.2, -0.15) is 26.3 Å². The van der Waals surface area contributed by atoms with Crippen LogP contribution >= 0.6 is 19.9 Å². The lowest BCUT2D eigenvalue weighted by Crippen LogP contribution is -2.06. The summed E-state index contributed by atoms with van der Waals surface area (Å²) in [5.41, 5.74) is -1.65. The highest BCUT2D eigenvalue weighted by Crippen LogP contribution is 2.72. The maximum absolute atomic E-state index is 12.9. The number of benzene rings is 3. The molecule has 0 aliphatic carbocycles. The fraction of sp³-hybridized carbons (Fsp3) is 0.100. The van der Waals surface area contributed by atoms with Crippen molar-refractivity contribution in [2.24, 2.45) is 0 Å². The quantitative estimate of drug-likeness (QED) is 0.365. The Kier molecular flexibility index (Phi) is 5.42. The Morgan fingerprint density at radius 1 is 0.500 bits per heavy atom. The van der Waals surface area contributed by atoms with Crippen molar-refractivity contribution in [3.8, 4) is 0 Å². The van der Waals surface area contributed by atoms with Crippen molar-refractivity contribution >= 4 is 19.9 Å². The van der Waals surface area contributed by atoms with Crippen LogP contribution < -0.4 is 0 Å². The van der Waals surface area contributed by atoms with E-state index >= 15 is 0 Å². The molecule has 0 fully saturated rings. The Morgan fingerprint density at radius 3 is 1.14 bits per heavy atom. The van der Waals surface area contributed by atoms with Crippen LogP contribution in [0.4, 0.5) is 26.3 Å². The number of rotatable bonds is 3. The third-order valence-corrected chi connectivity index (χ3v) is 8.45. The molecule has 0 radical (unpaired) electrons. The molecule has 0 bridgehead atoms. The van der Waals surface area contributed by atoms with Gasteiger partial charge in [0.1, 0.15) is 0 Å². The molecule has 0 N–H and O–H groups in total. The van der Waals surface area contributed by atoms with Crippen molar-refractivity contribution in [1.29, 1.82) is 0 Å². The second kappa shape index (κ2) is 7.37. The first-order valence-corrected chi connectivity index (χ1v) is 10.4. The molecule has 3 rings (SSSR count). The lowest BCUT2D eigenvalue weighted by Gasteiger charge is -2.34. The molecule has 3 aromatic carbocycles. The van der Waals surface area contributed by atoms with Gasteiger partial charge in [-0.1, -0.05) is 38.1 Å². The molecule has 0 aliphatic heterocycles. The first-order chi connectivity index (χ1) is 13.0. The Balaban J connectivity index is 2.14. The lowest BCUT2D eigenvalue weighted by molar-refractivity contribution is -0.138. The first-order valence-electron chi connectivity index (χ1n) is 7.95. The molecule has 8 heteroatoms. The van der Waals surface area contributed by atoms with E-state index in [1.165, 1.54) is 24.3 Å². The molecule has 3 aromatic rings. The summed E-state index contributed by atoms with van der Waals surface area (Å²) in [7, 11) is 4.41. The average Bonchev–Trinajstić information content (AvgIpc) is 2.67. The van der Waals surface area contributed by atoms with Gasteiger partial charge in [-0.05, 0) is 60.7 Å². The molecule has 0 atom stereocenters. The van der Waals surface area contributed by atoms with Crippen LogP contribution in [0.1, 0.15) is 11.1 Å². The highest BCUT2D eigenvalue weighted by Gasteiger charge is 2.34. The van der Waals surface area contributed by atoms with Crippen molar-refractivity contribution in [3.63, 3.8) is 0 Å². The van der Waals surface area contributed by atoms with E-state index in [-0.39, 0.29) is 0 Å². The minimum atomic E-state index is -4.50. The molecule has 0 heterocycles. The van der Waals surface area contributed by atoms with Crippen LogP contribution in [0.3, 0.4) is 0 Å². The van der Waals surface area contributed by atoms with Crippen LogP contribution in [-0.4, -0.2) is 0 Å². The highest BCUT2D eigenvalue weighted by atomic mass is 35.7. The fourth-order valence-electron chi connectivity index (χ4n) is 2.68. The Morgan fingerprint density at radius 2 is 0.821 bits per heavy atom. The lowest BCUT2D eigenvalue weighted by atomic mass is 10.2. The summed E-state index contributed by atoms with van der Waals surface area (Å²) < 4.78 is 77.3. The van der Waals surface area contributed by atoms with Gasteiger partial charge < -0.3 is 0 Å². The largest absolute Gasteiger partial charge is 0.416 e. The molecule has 0 aromatic heterocycles. The van der Waals surface area contributed by atoms with Crippen molar-refractivity contribution in [2.75, 3.05) is 0 Å². The normalized spacial score (nSPS) is 13.4. The molecule has 28 heavy (non-hydrogen) atoms. The predicted molar refractivity (Wildman–Crippen MR) is 97.6 cm³/mol. The van der Waals surface area contributed by atoms with Crippen LogP contribution in [-0.2, 0) is 12.4 Å². The van der Waals surface area contributed by atoms with Gasteiger partial charge in [0.25, 0.3) is 0 Å². The summed E-state index contributed by atoms with van der Waals surface area (Å²) in [5.74, 6) is 0. The van der Waals surface area contributed by atoms with E-state index < -0.39 is 32.7 Å². The minimum absolute atomic E-state index is 0.396. The summed E-state index contributed by atoms with van der Waals surface area (Å²) in [4.78, 5) is 1.40. The second-order valence-electron chi connectivity index (χ2n) is 5.89. The van der Waals surface area contributed by atoms with Gasteiger partial charge >= 0.3 is 12.4 Å². The Hall–Kier alpha value is -2.12. The average molecular weight is 435 g/mol. The number of hydrogen-bond donors (Lipinski definition) is 0. The molecule has 0 unspecified atom stereocenters. The van der Waals surface area contributed by atoms with Gasteiger partial charge in [0.2, 0.25) is 0 Å². The van der Waals surface area contributed by atoms with E-state index in [2.05, 4.69) is 0 Å². The zero-order valence-corrected chi connectivity index (χ0v) is 15.6. The molecule has 0 spiro atoms. The van der Waals surface area contributed by atoms with E-state index in [1.807, 2.05) is 0 Å². The highest BCUT2D eigenvalue weighted by molar-refractivity contribution is 8.51. The monoisotopic (exact) mass is 434 g/mol. The van der Waals surface area contributed by atoms with Crippen LogP contribution in [0.15, 0.2) is 93.5 Å². The maximum atomic E-state index is 12.9. The van der Waals surface area contributed by atoms with Crippen molar-refractivity contribution in [2.45, 2.75) is 27.0 Å². The van der Waals surface area contributed by atoms with Crippen molar-refractivity contribution < 1.29 is 26.3 Å². The third kappa shape index (κ3) is 4.00. The second-order valence-corrected chi connectivity index (χ2v) is 9.77. The van der Waals surface area contributed by atoms with Gasteiger partial charge in [-0.25, -0.2) is 0 Å². The molecule has 0 amide bonds. The summed E-state index contributed by atoms with van der Waals surface area (Å²) in [6, 6.07) is 17.4. The van der Waals surface area contributed by atoms with Crippen LogP contribution in [0, 0.1) is 0 Å². The maximum Gasteiger partial charge on any atom is 0.416 e. The van der Waals surface area contributed by atoms with Gasteiger partial charge in [-0.3, -0.25) is 0 Å². The number of halogens is 7. The van der Waals surface area contributed by atoms with Crippen LogP contribution in [0.5, 0.6) is 0 Å². The zero-order valence-electron chi connectivity index (χ0n) is 14.1. The number of hydrogen-bond acceptors (Lipinski definition) is 0. The molecule has 0 aliphatic rings. The Bertz CT molecular complexity index is 874. The van der Waals surface area contributed by atoms with Gasteiger partial charge in [-0.15, -0.1) is 0 Å². The van der Waals surface area contributed by atoms with E-state index in [1.54, 1.807) is 30.3 Å². The smallest absolute Gasteiger partial charge is 0.166 e. The van der Waals surface area contributed by atoms with Crippen molar-refractivity contribution in [1.82, 2.24) is 0 Å². The fourth-order valence-corrected chi connectivity index (χ4v) is 5.98. The molecule has 0 saturated carbocycles. The summed E-state index contributed by atoms with van der Waals surface area (Å²) in [6.07, 6.45) is -8.99. The van der Waals surface area contributed by atoms with E-state index in [4.69, 9.17) is 10.7 Å².